The Morgan fingerprint density at radius 3 is 1.09 bits per heavy atom. The molecule has 0 aliphatic carbocycles. The Morgan fingerprint density at radius 2 is 0.727 bits per heavy atom. The van der Waals surface area contributed by atoms with Crippen molar-refractivity contribution in [1.29, 1.82) is 0 Å². The van der Waals surface area contributed by atoms with E-state index in [2.05, 4.69) is 0 Å². The molecule has 4 nitrogen and oxygen atoms in total. The normalized spacial score (nSPS) is 11.5. The van der Waals surface area contributed by atoms with Gasteiger partial charge in [0.15, 0.2) is 11.5 Å². The lowest BCUT2D eigenvalue weighted by Crippen LogP contribution is -1.86. The Balaban J connectivity index is 2.50. The lowest BCUT2D eigenvalue weighted by molar-refractivity contribution is 0.351. The monoisotopic (exact) mass is 292 g/mol. The Morgan fingerprint density at radius 1 is 0.409 bits per heavy atom. The third-order valence-corrected chi connectivity index (χ3v) is 4.08. The molecule has 4 aromatic carbocycles. The standard InChI is InChI=1S/C18H12O4/c19-15-13-11-7-3-1-5-9(11)10-6-2-4-8-12(10)14(13)16(20)18(22)17(15)21/h1-8,19-22H. The summed E-state index contributed by atoms with van der Waals surface area (Å²) in [7, 11) is 0. The first-order valence-electron chi connectivity index (χ1n) is 6.80. The highest BCUT2D eigenvalue weighted by atomic mass is 16.3. The predicted molar refractivity (Wildman–Crippen MR) is 85.6 cm³/mol. The van der Waals surface area contributed by atoms with Crippen LogP contribution in [0.3, 0.4) is 0 Å². The minimum atomic E-state index is -0.717. The van der Waals surface area contributed by atoms with Crippen LogP contribution in [-0.2, 0) is 0 Å². The molecule has 0 fully saturated rings. The van der Waals surface area contributed by atoms with Crippen molar-refractivity contribution in [1.82, 2.24) is 0 Å². The number of hydrogen-bond donors (Lipinski definition) is 4. The van der Waals surface area contributed by atoms with Crippen molar-refractivity contribution in [3.8, 4) is 23.0 Å². The van der Waals surface area contributed by atoms with Crippen LogP contribution in [0.1, 0.15) is 0 Å². The van der Waals surface area contributed by atoms with Crippen LogP contribution in [0.25, 0.3) is 32.3 Å². The molecule has 4 aromatic rings. The number of phenols is 4. The average Bonchev–Trinajstić information content (AvgIpc) is 2.57. The van der Waals surface area contributed by atoms with Crippen LogP contribution in [0.4, 0.5) is 0 Å². The van der Waals surface area contributed by atoms with Crippen LogP contribution in [0.5, 0.6) is 23.0 Å². The largest absolute Gasteiger partial charge is 0.504 e. The van der Waals surface area contributed by atoms with Gasteiger partial charge in [0, 0.05) is 10.8 Å². The second-order valence-electron chi connectivity index (χ2n) is 5.24. The molecule has 0 bridgehead atoms. The van der Waals surface area contributed by atoms with Gasteiger partial charge in [-0.25, -0.2) is 0 Å². The van der Waals surface area contributed by atoms with Gasteiger partial charge in [0.1, 0.15) is 0 Å². The predicted octanol–water partition coefficient (Wildman–Crippen LogP) is 3.97. The van der Waals surface area contributed by atoms with Gasteiger partial charge in [-0.3, -0.25) is 0 Å². The van der Waals surface area contributed by atoms with Gasteiger partial charge in [-0.15, -0.1) is 0 Å². The van der Waals surface area contributed by atoms with E-state index in [1.807, 2.05) is 36.4 Å². The number of phenolic OH excluding ortho intramolecular Hbond substituents is 4. The van der Waals surface area contributed by atoms with Gasteiger partial charge < -0.3 is 20.4 Å². The summed E-state index contributed by atoms with van der Waals surface area (Å²) in [6, 6.07) is 14.8. The van der Waals surface area contributed by atoms with Crippen molar-refractivity contribution in [2.45, 2.75) is 0 Å². The first kappa shape index (κ1) is 12.6. The van der Waals surface area contributed by atoms with Gasteiger partial charge in [-0.2, -0.15) is 0 Å². The fourth-order valence-corrected chi connectivity index (χ4v) is 3.09. The molecule has 108 valence electrons. The van der Waals surface area contributed by atoms with E-state index in [1.54, 1.807) is 12.1 Å². The fourth-order valence-electron chi connectivity index (χ4n) is 3.09. The van der Waals surface area contributed by atoms with Gasteiger partial charge in [0.05, 0.1) is 0 Å². The maximum atomic E-state index is 10.3. The molecule has 0 unspecified atom stereocenters. The molecular formula is C18H12O4. The summed E-state index contributed by atoms with van der Waals surface area (Å²) in [5, 5.41) is 44.1. The van der Waals surface area contributed by atoms with E-state index in [-0.39, 0.29) is 0 Å². The second-order valence-corrected chi connectivity index (χ2v) is 5.24. The quantitative estimate of drug-likeness (QED) is 0.224. The minimum absolute atomic E-state index is 0.321. The van der Waals surface area contributed by atoms with Crippen LogP contribution in [0.15, 0.2) is 48.5 Å². The van der Waals surface area contributed by atoms with Crippen LogP contribution in [0.2, 0.25) is 0 Å². The summed E-state index contributed by atoms with van der Waals surface area (Å²) in [5.74, 6) is -2.31. The number of benzene rings is 4. The summed E-state index contributed by atoms with van der Waals surface area (Å²) in [6.07, 6.45) is 0. The number of aromatic hydroxyl groups is 4. The van der Waals surface area contributed by atoms with Crippen LogP contribution in [-0.4, -0.2) is 20.4 Å². The Hall–Kier alpha value is -3.14. The number of rotatable bonds is 0. The SMILES string of the molecule is Oc1c(O)c(O)c2c3ccccc3c3ccccc3c2c1O. The van der Waals surface area contributed by atoms with Gasteiger partial charge >= 0.3 is 0 Å². The molecule has 0 aliphatic rings. The molecule has 4 heteroatoms. The fraction of sp³-hybridized carbons (Fsp3) is 0. The lowest BCUT2D eigenvalue weighted by Gasteiger charge is -2.14. The van der Waals surface area contributed by atoms with E-state index >= 15 is 0 Å². The van der Waals surface area contributed by atoms with E-state index in [0.717, 1.165) is 10.8 Å². The van der Waals surface area contributed by atoms with Crippen LogP contribution in [0, 0.1) is 0 Å². The van der Waals surface area contributed by atoms with Crippen molar-refractivity contribution in [2.75, 3.05) is 0 Å². The van der Waals surface area contributed by atoms with Crippen molar-refractivity contribution in [3.63, 3.8) is 0 Å². The van der Waals surface area contributed by atoms with Gasteiger partial charge in [-0.05, 0) is 21.5 Å². The molecule has 0 radical (unpaired) electrons. The molecular weight excluding hydrogens is 280 g/mol. The summed E-state index contributed by atoms with van der Waals surface area (Å²) >= 11 is 0. The zero-order valence-corrected chi connectivity index (χ0v) is 11.4. The first-order chi connectivity index (χ1) is 10.6. The van der Waals surface area contributed by atoms with Gasteiger partial charge in [0.25, 0.3) is 0 Å². The van der Waals surface area contributed by atoms with Gasteiger partial charge in [-0.1, -0.05) is 48.5 Å². The van der Waals surface area contributed by atoms with E-state index in [4.69, 9.17) is 0 Å². The summed E-state index contributed by atoms with van der Waals surface area (Å²) < 4.78 is 0. The molecule has 0 aromatic heterocycles. The summed E-state index contributed by atoms with van der Waals surface area (Å²) in [4.78, 5) is 0. The summed E-state index contributed by atoms with van der Waals surface area (Å²) in [6.45, 7) is 0. The van der Waals surface area contributed by atoms with Gasteiger partial charge in [0.2, 0.25) is 11.5 Å². The lowest BCUT2D eigenvalue weighted by atomic mass is 9.93. The Labute approximate surface area is 125 Å². The maximum Gasteiger partial charge on any atom is 0.204 e. The number of hydrogen-bond acceptors (Lipinski definition) is 4. The molecule has 0 spiro atoms. The van der Waals surface area contributed by atoms with Crippen molar-refractivity contribution < 1.29 is 20.4 Å². The topological polar surface area (TPSA) is 80.9 Å². The first-order valence-corrected chi connectivity index (χ1v) is 6.80. The third-order valence-electron chi connectivity index (χ3n) is 4.08. The van der Waals surface area contributed by atoms with Crippen molar-refractivity contribution >= 4 is 32.3 Å². The minimum Gasteiger partial charge on any atom is -0.504 e. The molecule has 0 heterocycles. The molecule has 0 saturated heterocycles. The van der Waals surface area contributed by atoms with E-state index in [1.165, 1.54) is 0 Å². The highest BCUT2D eigenvalue weighted by molar-refractivity contribution is 6.29. The number of fused-ring (bicyclic) bond motifs is 6. The molecule has 22 heavy (non-hydrogen) atoms. The zero-order valence-electron chi connectivity index (χ0n) is 11.4. The van der Waals surface area contributed by atoms with Crippen molar-refractivity contribution in [2.24, 2.45) is 0 Å². The molecule has 0 aliphatic heterocycles. The molecule has 4 rings (SSSR count). The van der Waals surface area contributed by atoms with E-state index in [0.29, 0.717) is 21.5 Å². The zero-order chi connectivity index (χ0) is 15.4. The average molecular weight is 292 g/mol. The smallest absolute Gasteiger partial charge is 0.204 e. The van der Waals surface area contributed by atoms with E-state index < -0.39 is 23.0 Å². The van der Waals surface area contributed by atoms with E-state index in [9.17, 15) is 20.4 Å². The highest BCUT2D eigenvalue weighted by Crippen LogP contribution is 2.52. The molecule has 0 saturated carbocycles. The third kappa shape index (κ3) is 1.41. The Bertz CT molecular complexity index is 981. The van der Waals surface area contributed by atoms with Crippen LogP contribution >= 0.6 is 0 Å². The van der Waals surface area contributed by atoms with Crippen molar-refractivity contribution in [3.05, 3.63) is 48.5 Å². The van der Waals surface area contributed by atoms with Crippen LogP contribution < -0.4 is 0 Å². The highest BCUT2D eigenvalue weighted by Gasteiger charge is 2.22. The Kier molecular flexibility index (Phi) is 2.39. The summed E-state index contributed by atoms with van der Waals surface area (Å²) in [5.41, 5.74) is 0. The maximum absolute atomic E-state index is 10.3. The molecule has 0 atom stereocenters. The molecule has 0 amide bonds. The molecule has 4 N–H and O–H groups in total. The second kappa shape index (κ2) is 4.18.